The number of nitrogens with one attached hydrogen (secondary N) is 1. The van der Waals surface area contributed by atoms with Gasteiger partial charge in [0.25, 0.3) is 5.91 Å². The van der Waals surface area contributed by atoms with Gasteiger partial charge in [-0.15, -0.1) is 0 Å². The molecule has 3 aromatic rings. The zero-order chi connectivity index (χ0) is 21.5. The molecule has 0 aromatic heterocycles. The van der Waals surface area contributed by atoms with Gasteiger partial charge >= 0.3 is 0 Å². The lowest BCUT2D eigenvalue weighted by atomic mass is 10.1. The van der Waals surface area contributed by atoms with Crippen molar-refractivity contribution < 1.29 is 9.53 Å². The molecule has 4 nitrogen and oxygen atoms in total. The highest BCUT2D eigenvalue weighted by Gasteiger charge is 2.10. The summed E-state index contributed by atoms with van der Waals surface area (Å²) < 4.78 is 6.73. The highest BCUT2D eigenvalue weighted by molar-refractivity contribution is 14.1. The van der Waals surface area contributed by atoms with Gasteiger partial charge in [0.05, 0.1) is 10.0 Å². The van der Waals surface area contributed by atoms with E-state index >= 15 is 0 Å². The van der Waals surface area contributed by atoms with Crippen LogP contribution in [0.1, 0.15) is 11.1 Å². The molecule has 3 aromatic carbocycles. The predicted molar refractivity (Wildman–Crippen MR) is 129 cm³/mol. The molecule has 30 heavy (non-hydrogen) atoms. The number of ether oxygens (including phenoxy) is 1. The second kappa shape index (κ2) is 10.5. The zero-order valence-electron chi connectivity index (χ0n) is 15.5. The molecule has 3 rings (SSSR count). The van der Waals surface area contributed by atoms with Crippen LogP contribution in [0.5, 0.6) is 5.75 Å². The minimum atomic E-state index is -0.459. The van der Waals surface area contributed by atoms with E-state index in [1.54, 1.807) is 42.5 Å². The molecule has 0 saturated carbocycles. The average molecular weight is 549 g/mol. The van der Waals surface area contributed by atoms with Gasteiger partial charge in [0.1, 0.15) is 24.0 Å². The molecule has 7 heteroatoms. The van der Waals surface area contributed by atoms with E-state index in [1.165, 1.54) is 6.08 Å². The number of nitrogens with zero attached hydrogens (tertiary/aromatic N) is 1. The van der Waals surface area contributed by atoms with Crippen LogP contribution in [0.25, 0.3) is 6.08 Å². The number of rotatable bonds is 6. The van der Waals surface area contributed by atoms with Crippen molar-refractivity contribution in [2.45, 2.75) is 6.61 Å². The molecule has 0 fully saturated rings. The maximum absolute atomic E-state index is 12.4. The quantitative estimate of drug-likeness (QED) is 0.211. The second-order valence-electron chi connectivity index (χ2n) is 6.24. The van der Waals surface area contributed by atoms with Gasteiger partial charge in [0.2, 0.25) is 0 Å². The fourth-order valence-corrected chi connectivity index (χ4v) is 3.40. The van der Waals surface area contributed by atoms with Crippen LogP contribution in [0, 0.1) is 14.9 Å². The van der Waals surface area contributed by atoms with Crippen molar-refractivity contribution in [1.29, 1.82) is 5.26 Å². The van der Waals surface area contributed by atoms with E-state index in [4.69, 9.17) is 27.9 Å². The second-order valence-corrected chi connectivity index (χ2v) is 8.30. The highest BCUT2D eigenvalue weighted by Crippen LogP contribution is 2.24. The molecule has 1 amide bonds. The molecular formula is C23H15Cl2IN2O2. The van der Waals surface area contributed by atoms with Crippen LogP contribution in [0.4, 0.5) is 5.69 Å². The molecule has 0 unspecified atom stereocenters. The van der Waals surface area contributed by atoms with Gasteiger partial charge in [0, 0.05) is 9.26 Å². The lowest BCUT2D eigenvalue weighted by molar-refractivity contribution is -0.112. The molecule has 0 aliphatic heterocycles. The first-order valence-corrected chi connectivity index (χ1v) is 10.6. The predicted octanol–water partition coefficient (Wildman–Crippen LogP) is 6.72. The summed E-state index contributed by atoms with van der Waals surface area (Å²) in [6, 6.07) is 21.7. The number of hydrogen-bond donors (Lipinski definition) is 1. The fraction of sp³-hybridized carbons (Fsp3) is 0.0435. The molecule has 0 aliphatic rings. The largest absolute Gasteiger partial charge is 0.489 e. The Hall–Kier alpha value is -2.53. The van der Waals surface area contributed by atoms with Crippen molar-refractivity contribution in [2.75, 3.05) is 5.32 Å². The van der Waals surface area contributed by atoms with Crippen molar-refractivity contribution >= 4 is 63.5 Å². The van der Waals surface area contributed by atoms with Gasteiger partial charge in [-0.1, -0.05) is 47.5 Å². The molecule has 0 spiro atoms. The lowest BCUT2D eigenvalue weighted by Gasteiger charge is -2.08. The lowest BCUT2D eigenvalue weighted by Crippen LogP contribution is -2.13. The third-order valence-electron chi connectivity index (χ3n) is 4.03. The fourth-order valence-electron chi connectivity index (χ4n) is 2.54. The van der Waals surface area contributed by atoms with Crippen molar-refractivity contribution in [3.8, 4) is 11.8 Å². The van der Waals surface area contributed by atoms with Gasteiger partial charge in [-0.3, -0.25) is 4.79 Å². The Morgan fingerprint density at radius 1 is 1.07 bits per heavy atom. The molecule has 0 atom stereocenters. The summed E-state index contributed by atoms with van der Waals surface area (Å²) in [6.45, 7) is 0.341. The molecule has 150 valence electrons. The molecule has 0 bridgehead atoms. The van der Waals surface area contributed by atoms with Crippen LogP contribution >= 0.6 is 45.8 Å². The van der Waals surface area contributed by atoms with E-state index in [-0.39, 0.29) is 5.57 Å². The topological polar surface area (TPSA) is 62.1 Å². The number of amides is 1. The Bertz CT molecular complexity index is 1140. The van der Waals surface area contributed by atoms with E-state index in [1.807, 2.05) is 30.3 Å². The Morgan fingerprint density at radius 2 is 1.83 bits per heavy atom. The molecular weight excluding hydrogens is 534 g/mol. The Kier molecular flexibility index (Phi) is 7.75. The molecule has 1 N–H and O–H groups in total. The normalized spacial score (nSPS) is 10.9. The van der Waals surface area contributed by atoms with E-state index in [9.17, 15) is 10.1 Å². The first-order chi connectivity index (χ1) is 14.4. The number of nitriles is 1. The molecule has 0 saturated heterocycles. The number of hydrogen-bond acceptors (Lipinski definition) is 3. The van der Waals surface area contributed by atoms with Gasteiger partial charge in [-0.2, -0.15) is 5.26 Å². The van der Waals surface area contributed by atoms with Crippen LogP contribution < -0.4 is 10.1 Å². The van der Waals surface area contributed by atoms with Crippen LogP contribution in [0.3, 0.4) is 0 Å². The van der Waals surface area contributed by atoms with Crippen molar-refractivity contribution in [3.05, 3.63) is 97.0 Å². The van der Waals surface area contributed by atoms with Gasteiger partial charge in [-0.05, 0) is 82.3 Å². The van der Waals surface area contributed by atoms with Crippen molar-refractivity contribution in [1.82, 2.24) is 0 Å². The van der Waals surface area contributed by atoms with E-state index in [2.05, 4.69) is 27.9 Å². The summed E-state index contributed by atoms with van der Waals surface area (Å²) in [5.41, 5.74) is 2.26. The summed E-state index contributed by atoms with van der Waals surface area (Å²) in [5.74, 6) is 0.194. The smallest absolute Gasteiger partial charge is 0.266 e. The Morgan fingerprint density at radius 3 is 2.50 bits per heavy atom. The molecule has 0 radical (unpaired) electrons. The van der Waals surface area contributed by atoms with E-state index < -0.39 is 5.91 Å². The van der Waals surface area contributed by atoms with Crippen LogP contribution in [-0.4, -0.2) is 5.91 Å². The number of carbonyl (C=O) groups excluding carboxylic acids is 1. The summed E-state index contributed by atoms with van der Waals surface area (Å²) >= 11 is 14.1. The maximum atomic E-state index is 12.4. The first kappa shape index (κ1) is 22.2. The SMILES string of the molecule is N#C/C(=C\c1ccc(OCc2ccc(Cl)c(Cl)c2)cc1)C(=O)Nc1cccc(I)c1. The van der Waals surface area contributed by atoms with Gasteiger partial charge in [-0.25, -0.2) is 0 Å². The minimum absolute atomic E-state index is 0.0123. The molecule has 0 aliphatic carbocycles. The summed E-state index contributed by atoms with van der Waals surface area (Å²) in [6.07, 6.45) is 1.53. The standard InChI is InChI=1S/C23H15Cl2IN2O2/c24-21-9-6-16(11-22(21)25)14-30-20-7-4-15(5-8-20)10-17(13-27)23(29)28-19-3-1-2-18(26)12-19/h1-12H,14H2,(H,28,29)/b17-10+. The average Bonchev–Trinajstić information content (AvgIpc) is 2.73. The van der Waals surface area contributed by atoms with Crippen molar-refractivity contribution in [2.24, 2.45) is 0 Å². The van der Waals surface area contributed by atoms with Crippen molar-refractivity contribution in [3.63, 3.8) is 0 Å². The number of carbonyl (C=O) groups is 1. The van der Waals surface area contributed by atoms with Crippen LogP contribution in [-0.2, 0) is 11.4 Å². The Labute approximate surface area is 198 Å². The first-order valence-electron chi connectivity index (χ1n) is 8.80. The third kappa shape index (κ3) is 6.23. The highest BCUT2D eigenvalue weighted by atomic mass is 127. The van der Waals surface area contributed by atoms with Crippen LogP contribution in [0.2, 0.25) is 10.0 Å². The van der Waals surface area contributed by atoms with Gasteiger partial charge in [0.15, 0.2) is 0 Å². The van der Waals surface area contributed by atoms with Gasteiger partial charge < -0.3 is 10.1 Å². The maximum Gasteiger partial charge on any atom is 0.266 e. The number of halogens is 3. The summed E-state index contributed by atoms with van der Waals surface area (Å²) in [4.78, 5) is 12.4. The number of benzene rings is 3. The van der Waals surface area contributed by atoms with E-state index in [0.29, 0.717) is 33.7 Å². The number of anilines is 1. The molecule has 0 heterocycles. The summed E-state index contributed by atoms with van der Waals surface area (Å²) in [5, 5.41) is 13.1. The zero-order valence-corrected chi connectivity index (χ0v) is 19.2. The van der Waals surface area contributed by atoms with Crippen LogP contribution in [0.15, 0.2) is 72.3 Å². The minimum Gasteiger partial charge on any atom is -0.489 e. The van der Waals surface area contributed by atoms with E-state index in [0.717, 1.165) is 9.13 Å². The monoisotopic (exact) mass is 548 g/mol. The third-order valence-corrected chi connectivity index (χ3v) is 5.44. The Balaban J connectivity index is 1.65. The summed E-state index contributed by atoms with van der Waals surface area (Å²) in [7, 11) is 0.